The number of benzene rings is 6. The Morgan fingerprint density at radius 3 is 0.971 bits per heavy atom. The predicted molar refractivity (Wildman–Crippen MR) is 269 cm³/mol. The van der Waals surface area contributed by atoms with E-state index in [0.717, 1.165) is 64.2 Å². The van der Waals surface area contributed by atoms with E-state index in [9.17, 15) is 0 Å². The van der Waals surface area contributed by atoms with Crippen LogP contribution in [0.1, 0.15) is 78.1 Å². The molecule has 70 heavy (non-hydrogen) atoms. The Bertz CT molecular complexity index is 2030. The fraction of sp³-hybridized carbons (Fsp3) is 0.207. The number of unbranched alkanes of at least 4 members (excludes halogenated alkanes) is 4. The van der Waals surface area contributed by atoms with Crippen LogP contribution >= 0.6 is 14.1 Å². The van der Waals surface area contributed by atoms with Crippen LogP contribution in [0, 0.1) is 30.5 Å². The molecule has 0 aliphatic heterocycles. The third-order valence-corrected chi connectivity index (χ3v) is 18.5. The van der Waals surface area contributed by atoms with Crippen molar-refractivity contribution < 1.29 is 318 Å². The molecule has 0 aromatic heterocycles. The van der Waals surface area contributed by atoms with Gasteiger partial charge in [0.25, 0.3) is 0 Å². The Kier molecular flexibility index (Phi) is 68.6. The van der Waals surface area contributed by atoms with Crippen LogP contribution in [-0.4, -0.2) is 5.80 Å². The van der Waals surface area contributed by atoms with E-state index in [-0.39, 0.29) is 318 Å². The molecule has 0 aliphatic carbocycles. The van der Waals surface area contributed by atoms with Gasteiger partial charge in [-0.2, -0.15) is 31.8 Å². The van der Waals surface area contributed by atoms with Gasteiger partial charge in [-0.25, -0.2) is 0 Å². The van der Waals surface area contributed by atoms with Gasteiger partial charge in [-0.05, 0) is 72.9 Å². The predicted octanol–water partition coefficient (Wildman–Crippen LogP) is 10.3. The summed E-state index contributed by atoms with van der Waals surface area (Å²) in [6.45, 7) is 2.42. The molecule has 0 N–H and O–H groups in total. The van der Waals surface area contributed by atoms with Gasteiger partial charge in [0, 0.05) is 294 Å². The van der Waals surface area contributed by atoms with E-state index < -0.39 is 14.1 Å². The smallest absolute Gasteiger partial charge is 0.0750 e. The van der Waals surface area contributed by atoms with Gasteiger partial charge in [-0.3, -0.25) is 24.3 Å². The van der Waals surface area contributed by atoms with Gasteiger partial charge in [-0.15, -0.1) is 6.42 Å². The first-order valence-electron chi connectivity index (χ1n) is 21.8. The molecule has 0 saturated heterocycles. The van der Waals surface area contributed by atoms with Crippen molar-refractivity contribution >= 4 is 51.8 Å². The molecule has 6 rings (SSSR count). The van der Waals surface area contributed by atoms with Crippen LogP contribution in [0.15, 0.2) is 206 Å². The summed E-state index contributed by atoms with van der Waals surface area (Å²) >= 11 is 0. The molecule has 0 atom stereocenters. The average Bonchev–Trinajstić information content (AvgIpc) is 3.32. The SMILES string of the molecule is CC[C-]=CCC[C-]=CCCC=P(c1ccccc1)(c1ccccc1)c1ccccc1.CC[C-]=CCC[C-]=CCC[CH-][P+](c1ccccc1)(c1ccccc1)c1ccccc1.[I-].[Y].[Y].[Y].[Y].[Y].[Y].[Y].[Y].[Y]. The fourth-order valence-corrected chi connectivity index (χ4v) is 15.4. The third-order valence-electron chi connectivity index (χ3n) is 10.3. The van der Waals surface area contributed by atoms with Crippen LogP contribution in [0.2, 0.25) is 0 Å². The average molecular weight is 1750 g/mol. The first kappa shape index (κ1) is 86.9. The van der Waals surface area contributed by atoms with Crippen molar-refractivity contribution in [2.24, 2.45) is 0 Å². The molecule has 0 bridgehead atoms. The Balaban J connectivity index is -0.000000256. The normalized spacial score (nSPS) is 10.3. The first-order valence-corrected chi connectivity index (χ1v) is 25.5. The van der Waals surface area contributed by atoms with Crippen molar-refractivity contribution in [2.45, 2.75) is 78.1 Å². The molecule has 0 heterocycles. The third kappa shape index (κ3) is 30.1. The molecule has 0 unspecified atom stereocenters. The first-order chi connectivity index (χ1) is 29.8. The van der Waals surface area contributed by atoms with Gasteiger partial charge in [0.15, 0.2) is 0 Å². The number of halogens is 1. The molecule has 0 nitrogen and oxygen atoms in total. The molecule has 6 aromatic carbocycles. The molecule has 9 radical (unpaired) electrons. The Labute approximate surface area is 670 Å². The number of hydrogen-bond acceptors (Lipinski definition) is 0. The van der Waals surface area contributed by atoms with Crippen LogP contribution in [0.3, 0.4) is 0 Å². The topological polar surface area (TPSA) is 0 Å². The summed E-state index contributed by atoms with van der Waals surface area (Å²) in [5, 5.41) is 8.48. The standard InChI is InChI=1S/2C29H31P.HI.9Y/c2*1-2-3-4-5-6-7-8-9-19-26-30(27-20-13-10-14-21-27,28-22-15-11-16-23-28)29-24-17-12-18-25-29;;;;;;;;;;/h2*4,8,10-18,20-26H,2,5-6,9,19H2,1H3;1H;;;;;;;;;/q2*-2;;;;;;;;;;/p-1. The molecule has 12 heteroatoms. The van der Waals surface area contributed by atoms with E-state index in [1.165, 1.54) is 31.8 Å². The zero-order valence-corrected chi connectivity index (χ0v) is 70.8. The Hall–Kier alpha value is 5.68. The van der Waals surface area contributed by atoms with E-state index in [1.807, 2.05) is 0 Å². The summed E-state index contributed by atoms with van der Waals surface area (Å²) in [7, 11) is -1.81. The second-order valence-electron chi connectivity index (χ2n) is 14.4. The minimum Gasteiger partial charge on any atom is -1.00 e. The van der Waals surface area contributed by atoms with Crippen LogP contribution < -0.4 is 55.8 Å². The van der Waals surface area contributed by atoms with Gasteiger partial charge < -0.3 is 48.3 Å². The summed E-state index contributed by atoms with van der Waals surface area (Å²) in [6, 6.07) is 66.2. The zero-order chi connectivity index (χ0) is 41.8. The minimum absolute atomic E-state index is 0. The molecular weight excluding hydrogens is 1690 g/mol. The summed E-state index contributed by atoms with van der Waals surface area (Å²) < 4.78 is 0. The fourth-order valence-electron chi connectivity index (χ4n) is 7.42. The second kappa shape index (κ2) is 55.2. The van der Waals surface area contributed by atoms with Crippen molar-refractivity contribution in [3.05, 3.63) is 237 Å². The van der Waals surface area contributed by atoms with E-state index in [2.05, 4.69) is 256 Å². The molecule has 0 amide bonds. The molecule has 343 valence electrons. The van der Waals surface area contributed by atoms with E-state index in [0.29, 0.717) is 0 Å². The van der Waals surface area contributed by atoms with E-state index in [4.69, 9.17) is 0 Å². The molecule has 0 aliphatic rings. The summed E-state index contributed by atoms with van der Waals surface area (Å²) in [5.41, 5.74) is 0. The van der Waals surface area contributed by atoms with Crippen molar-refractivity contribution in [1.29, 1.82) is 0 Å². The summed E-state index contributed by atoms with van der Waals surface area (Å²) in [4.78, 5) is 0. The maximum atomic E-state index is 3.45. The largest absolute Gasteiger partial charge is 1.00 e. The van der Waals surface area contributed by atoms with Gasteiger partial charge in [-0.1, -0.05) is 191 Å². The molecule has 0 fully saturated rings. The van der Waals surface area contributed by atoms with E-state index >= 15 is 0 Å². The molecule has 6 aromatic rings. The van der Waals surface area contributed by atoms with Gasteiger partial charge in [0.1, 0.15) is 0 Å². The maximum Gasteiger partial charge on any atom is 0.0750 e. The van der Waals surface area contributed by atoms with Crippen molar-refractivity contribution in [1.82, 2.24) is 0 Å². The quantitative estimate of drug-likeness (QED) is 0.0292. The second-order valence-corrected chi connectivity index (χ2v) is 21.1. The number of allylic oxidation sites excluding steroid dienone is 8. The van der Waals surface area contributed by atoms with Crippen LogP contribution in [-0.2, 0) is 294 Å². The van der Waals surface area contributed by atoms with Crippen LogP contribution in [0.25, 0.3) is 0 Å². The van der Waals surface area contributed by atoms with Crippen LogP contribution in [0.5, 0.6) is 0 Å². The molecule has 0 spiro atoms. The maximum absolute atomic E-state index is 3.45. The van der Waals surface area contributed by atoms with Crippen molar-refractivity contribution in [3.8, 4) is 0 Å². The van der Waals surface area contributed by atoms with Crippen LogP contribution in [0.4, 0.5) is 0 Å². The van der Waals surface area contributed by atoms with Gasteiger partial charge >= 0.3 is 0 Å². The Morgan fingerprint density at radius 2 is 0.657 bits per heavy atom. The van der Waals surface area contributed by atoms with E-state index in [1.54, 1.807) is 0 Å². The monoisotopic (exact) mass is 1750 g/mol. The zero-order valence-electron chi connectivity index (χ0n) is 41.3. The van der Waals surface area contributed by atoms with Gasteiger partial charge in [0.2, 0.25) is 0 Å². The summed E-state index contributed by atoms with van der Waals surface area (Å²) in [5.74, 6) is 2.59. The Morgan fingerprint density at radius 1 is 0.371 bits per heavy atom. The number of rotatable bonds is 21. The number of hydrogen-bond donors (Lipinski definition) is 0. The van der Waals surface area contributed by atoms with Crippen molar-refractivity contribution in [2.75, 3.05) is 0 Å². The summed E-state index contributed by atoms with van der Waals surface area (Å²) in [6.07, 6.45) is 34.8. The minimum atomic E-state index is -1.81. The van der Waals surface area contributed by atoms with Crippen molar-refractivity contribution in [3.63, 3.8) is 0 Å². The molecule has 0 saturated carbocycles. The van der Waals surface area contributed by atoms with Gasteiger partial charge in [0.05, 0.1) is 15.9 Å². The molecular formula is C58H62IP2Y9-5.